The fourth-order valence-corrected chi connectivity index (χ4v) is 5.33. The molecule has 0 aliphatic carbocycles. The highest BCUT2D eigenvalue weighted by atomic mass is 16.4. The predicted octanol–water partition coefficient (Wildman–Crippen LogP) is 4.92. The van der Waals surface area contributed by atoms with Crippen molar-refractivity contribution in [3.63, 3.8) is 0 Å². The smallest absolute Gasteiger partial charge is 0.336 e. The molecule has 2 amide bonds. The summed E-state index contributed by atoms with van der Waals surface area (Å²) in [6.07, 6.45) is 3.31. The molecule has 38 heavy (non-hydrogen) atoms. The van der Waals surface area contributed by atoms with E-state index in [-0.39, 0.29) is 24.3 Å². The Labute approximate surface area is 220 Å². The number of amides is 2. The Morgan fingerprint density at radius 2 is 1.76 bits per heavy atom. The largest absolute Gasteiger partial charge is 0.428 e. The third-order valence-corrected chi connectivity index (χ3v) is 7.16. The minimum absolute atomic E-state index is 0.0697. The van der Waals surface area contributed by atoms with Crippen LogP contribution in [0.1, 0.15) is 55.6 Å². The number of Topliss-reactive ketones (excluding diaryl/α,β-unsaturated/α-hetero) is 1. The molecule has 0 saturated carbocycles. The van der Waals surface area contributed by atoms with Gasteiger partial charge in [-0.15, -0.1) is 0 Å². The van der Waals surface area contributed by atoms with Crippen molar-refractivity contribution in [2.75, 3.05) is 11.9 Å². The van der Waals surface area contributed by atoms with Crippen molar-refractivity contribution in [2.45, 2.75) is 58.5 Å². The first-order valence-corrected chi connectivity index (χ1v) is 13.2. The van der Waals surface area contributed by atoms with Crippen molar-refractivity contribution in [1.82, 2.24) is 9.47 Å². The third-order valence-electron chi connectivity index (χ3n) is 7.16. The standard InChI is InChI=1S/C30H31N3O5/c1-3-5-6-9-22-14-19(15-28(35)38-22)30(37)33-18-21(34)17-27(33)29(36)31-20-12-13-26-24(16-20)23-10-7-8-11-25(23)32(26)4-2/h7-8,10-16,27H,3-6,9,17-18H2,1-2H3,(H,31,36). The molecule has 2 aromatic carbocycles. The molecule has 0 spiro atoms. The number of carbonyl (C=O) groups is 3. The zero-order chi connectivity index (χ0) is 26.8. The summed E-state index contributed by atoms with van der Waals surface area (Å²) < 4.78 is 7.47. The fourth-order valence-electron chi connectivity index (χ4n) is 5.33. The van der Waals surface area contributed by atoms with Gasteiger partial charge in [0, 0.05) is 52.9 Å². The van der Waals surface area contributed by atoms with Crippen LogP contribution in [0.3, 0.4) is 0 Å². The molecule has 1 atom stereocenters. The van der Waals surface area contributed by atoms with Crippen LogP contribution < -0.4 is 10.9 Å². The van der Waals surface area contributed by atoms with Gasteiger partial charge in [0.25, 0.3) is 5.91 Å². The van der Waals surface area contributed by atoms with Crippen molar-refractivity contribution < 1.29 is 18.8 Å². The first-order valence-electron chi connectivity index (χ1n) is 13.2. The molecule has 1 N–H and O–H groups in total. The van der Waals surface area contributed by atoms with Gasteiger partial charge in [0.05, 0.1) is 12.1 Å². The minimum Gasteiger partial charge on any atom is -0.428 e. The second-order valence-corrected chi connectivity index (χ2v) is 9.76. The van der Waals surface area contributed by atoms with E-state index in [0.717, 1.165) is 53.7 Å². The molecule has 8 nitrogen and oxygen atoms in total. The minimum atomic E-state index is -0.960. The lowest BCUT2D eigenvalue weighted by molar-refractivity contribution is -0.121. The van der Waals surface area contributed by atoms with Gasteiger partial charge >= 0.3 is 5.63 Å². The maximum absolute atomic E-state index is 13.4. The Morgan fingerprint density at radius 3 is 2.55 bits per heavy atom. The number of hydrogen-bond acceptors (Lipinski definition) is 5. The third kappa shape index (κ3) is 4.86. The number of anilines is 1. The fraction of sp³-hybridized carbons (Fsp3) is 0.333. The molecule has 2 aromatic heterocycles. The van der Waals surface area contributed by atoms with E-state index < -0.39 is 23.5 Å². The van der Waals surface area contributed by atoms with Gasteiger partial charge in [-0.2, -0.15) is 0 Å². The number of aromatic nitrogens is 1. The molecular weight excluding hydrogens is 482 g/mol. The molecule has 8 heteroatoms. The summed E-state index contributed by atoms with van der Waals surface area (Å²) in [6, 6.07) is 15.6. The van der Waals surface area contributed by atoms with Gasteiger partial charge in [-0.1, -0.05) is 38.0 Å². The summed E-state index contributed by atoms with van der Waals surface area (Å²) in [5.41, 5.74) is 2.29. The van der Waals surface area contributed by atoms with Crippen molar-refractivity contribution >= 4 is 45.1 Å². The number of ketones is 1. The van der Waals surface area contributed by atoms with Gasteiger partial charge in [0.2, 0.25) is 5.91 Å². The number of rotatable bonds is 8. The van der Waals surface area contributed by atoms with Crippen LogP contribution in [-0.2, 0) is 22.6 Å². The highest BCUT2D eigenvalue weighted by molar-refractivity contribution is 6.11. The number of hydrogen-bond donors (Lipinski definition) is 1. The van der Waals surface area contributed by atoms with E-state index in [2.05, 4.69) is 35.9 Å². The molecule has 196 valence electrons. The Bertz CT molecular complexity index is 1600. The monoisotopic (exact) mass is 513 g/mol. The van der Waals surface area contributed by atoms with Crippen molar-refractivity contribution in [1.29, 1.82) is 0 Å². The summed E-state index contributed by atoms with van der Waals surface area (Å²) in [5, 5.41) is 5.01. The molecule has 0 radical (unpaired) electrons. The summed E-state index contributed by atoms with van der Waals surface area (Å²) in [7, 11) is 0. The van der Waals surface area contributed by atoms with Crippen LogP contribution in [0.5, 0.6) is 0 Å². The molecular formula is C30H31N3O5. The van der Waals surface area contributed by atoms with E-state index in [9.17, 15) is 19.2 Å². The SMILES string of the molecule is CCCCCc1cc(C(=O)N2CC(=O)CC2C(=O)Nc2ccc3c(c2)c2ccccc2n3CC)cc(=O)o1. The predicted molar refractivity (Wildman–Crippen MR) is 146 cm³/mol. The van der Waals surface area contributed by atoms with E-state index in [1.54, 1.807) is 6.07 Å². The summed E-state index contributed by atoms with van der Waals surface area (Å²) in [4.78, 5) is 52.4. The zero-order valence-corrected chi connectivity index (χ0v) is 21.7. The average molecular weight is 514 g/mol. The maximum atomic E-state index is 13.4. The second-order valence-electron chi connectivity index (χ2n) is 9.76. The average Bonchev–Trinajstić information content (AvgIpc) is 3.45. The van der Waals surface area contributed by atoms with Crippen molar-refractivity contribution in [2.24, 2.45) is 0 Å². The number of aryl methyl sites for hydroxylation is 2. The number of unbranched alkanes of at least 4 members (excludes halogenated alkanes) is 2. The Balaban J connectivity index is 1.39. The van der Waals surface area contributed by atoms with Crippen LogP contribution in [0.15, 0.2) is 63.8 Å². The first-order chi connectivity index (χ1) is 18.4. The highest BCUT2D eigenvalue weighted by Crippen LogP contribution is 2.31. The van der Waals surface area contributed by atoms with Crippen LogP contribution in [0, 0.1) is 0 Å². The summed E-state index contributed by atoms with van der Waals surface area (Å²) >= 11 is 0. The van der Waals surface area contributed by atoms with Gasteiger partial charge < -0.3 is 19.2 Å². The number of nitrogens with zero attached hydrogens (tertiary/aromatic N) is 2. The molecule has 1 unspecified atom stereocenters. The lowest BCUT2D eigenvalue weighted by Gasteiger charge is -2.23. The van der Waals surface area contributed by atoms with Gasteiger partial charge in [-0.3, -0.25) is 14.4 Å². The molecule has 0 bridgehead atoms. The molecule has 1 aliphatic heterocycles. The topological polar surface area (TPSA) is 102 Å². The first kappa shape index (κ1) is 25.4. The Hall–Kier alpha value is -4.20. The molecule has 1 aliphatic rings. The van der Waals surface area contributed by atoms with Crippen LogP contribution in [0.2, 0.25) is 0 Å². The van der Waals surface area contributed by atoms with E-state index in [1.807, 2.05) is 30.3 Å². The summed E-state index contributed by atoms with van der Waals surface area (Å²) in [6.45, 7) is 4.81. The molecule has 3 heterocycles. The Morgan fingerprint density at radius 1 is 0.974 bits per heavy atom. The van der Waals surface area contributed by atoms with E-state index in [4.69, 9.17) is 4.42 Å². The number of benzene rings is 2. The van der Waals surface area contributed by atoms with Crippen LogP contribution in [0.4, 0.5) is 5.69 Å². The number of carbonyl (C=O) groups excluding carboxylic acids is 3. The lowest BCUT2D eigenvalue weighted by atomic mass is 10.1. The normalized spacial score (nSPS) is 15.5. The quantitative estimate of drug-likeness (QED) is 0.337. The zero-order valence-electron chi connectivity index (χ0n) is 21.7. The van der Waals surface area contributed by atoms with E-state index in [0.29, 0.717) is 17.9 Å². The molecule has 5 rings (SSSR count). The number of para-hydroxylation sites is 1. The number of likely N-dealkylation sites (tertiary alicyclic amines) is 1. The summed E-state index contributed by atoms with van der Waals surface area (Å²) in [5.74, 6) is -0.734. The van der Waals surface area contributed by atoms with Gasteiger partial charge in [0.15, 0.2) is 5.78 Å². The number of fused-ring (bicyclic) bond motifs is 3. The van der Waals surface area contributed by atoms with Gasteiger partial charge in [-0.25, -0.2) is 4.79 Å². The highest BCUT2D eigenvalue weighted by Gasteiger charge is 2.39. The number of nitrogens with one attached hydrogen (secondary N) is 1. The lowest BCUT2D eigenvalue weighted by Crippen LogP contribution is -2.43. The second kappa shape index (κ2) is 10.7. The van der Waals surface area contributed by atoms with Crippen LogP contribution in [-0.4, -0.2) is 39.7 Å². The van der Waals surface area contributed by atoms with Crippen molar-refractivity contribution in [3.8, 4) is 0 Å². The van der Waals surface area contributed by atoms with Crippen LogP contribution in [0.25, 0.3) is 21.8 Å². The molecule has 1 saturated heterocycles. The Kier molecular flexibility index (Phi) is 7.13. The van der Waals surface area contributed by atoms with Gasteiger partial charge in [0.1, 0.15) is 11.8 Å². The molecule has 1 fully saturated rings. The van der Waals surface area contributed by atoms with E-state index in [1.165, 1.54) is 4.90 Å². The van der Waals surface area contributed by atoms with E-state index >= 15 is 0 Å². The van der Waals surface area contributed by atoms with Crippen LogP contribution >= 0.6 is 0 Å². The van der Waals surface area contributed by atoms with Gasteiger partial charge in [-0.05, 0) is 43.7 Å². The van der Waals surface area contributed by atoms with Crippen molar-refractivity contribution in [3.05, 3.63) is 76.3 Å². The maximum Gasteiger partial charge on any atom is 0.336 e. The molecule has 4 aromatic rings.